The van der Waals surface area contributed by atoms with Crippen LogP contribution in [0.2, 0.25) is 0 Å². The zero-order valence-corrected chi connectivity index (χ0v) is 10.5. The van der Waals surface area contributed by atoms with Crippen molar-refractivity contribution in [3.8, 4) is 0 Å². The molecule has 0 spiro atoms. The molecule has 0 saturated carbocycles. The zero-order valence-electron chi connectivity index (χ0n) is 10.5. The van der Waals surface area contributed by atoms with Crippen LogP contribution in [0.4, 0.5) is 5.82 Å². The Morgan fingerprint density at radius 3 is 2.95 bits per heavy atom. The van der Waals surface area contributed by atoms with Crippen LogP contribution in [0.1, 0.15) is 12.6 Å². The fourth-order valence-corrected chi connectivity index (χ4v) is 2.58. The summed E-state index contributed by atoms with van der Waals surface area (Å²) in [6.45, 7) is 0. The quantitative estimate of drug-likeness (QED) is 0.792. The van der Waals surface area contributed by atoms with Crippen molar-refractivity contribution in [2.24, 2.45) is 0 Å². The molecule has 0 aromatic carbocycles. The third-order valence-corrected chi connectivity index (χ3v) is 3.66. The molecule has 4 rings (SSSR count). The maximum Gasteiger partial charge on any atom is 0.167 e. The van der Waals surface area contributed by atoms with E-state index < -0.39 is 6.10 Å². The van der Waals surface area contributed by atoms with Gasteiger partial charge in [-0.1, -0.05) is 0 Å². The predicted octanol–water partition coefficient (Wildman–Crippen LogP) is -0.0306. The minimum atomic E-state index is -0.591. The molecule has 0 amide bonds. The van der Waals surface area contributed by atoms with E-state index in [1.54, 1.807) is 17.2 Å². The summed E-state index contributed by atoms with van der Waals surface area (Å²) in [6.07, 6.45) is 5.40. The molecule has 8 heteroatoms. The Hall–Kier alpha value is -2.19. The molecule has 1 saturated heterocycles. The predicted molar refractivity (Wildman–Crippen MR) is 68.3 cm³/mol. The lowest BCUT2D eigenvalue weighted by Gasteiger charge is -2.27. The second kappa shape index (κ2) is 4.15. The molecule has 2 aromatic heterocycles. The van der Waals surface area contributed by atoms with Gasteiger partial charge in [0.2, 0.25) is 0 Å². The van der Waals surface area contributed by atoms with Gasteiger partial charge in [-0.05, 0) is 6.08 Å². The molecule has 0 aliphatic carbocycles. The number of ether oxygens (including phenoxy) is 2. The number of fused-ring (bicyclic) bond motifs is 1. The van der Waals surface area contributed by atoms with E-state index in [4.69, 9.17) is 15.2 Å². The van der Waals surface area contributed by atoms with Crippen molar-refractivity contribution in [3.63, 3.8) is 0 Å². The van der Waals surface area contributed by atoms with Crippen molar-refractivity contribution < 1.29 is 14.6 Å². The summed E-state index contributed by atoms with van der Waals surface area (Å²) in [5.41, 5.74) is 6.89. The Balaban J connectivity index is 1.67. The summed E-state index contributed by atoms with van der Waals surface area (Å²) in [6, 6.07) is 0. The number of imidazole rings is 1. The maximum atomic E-state index is 10.1. The normalized spacial score (nSPS) is 32.2. The molecule has 4 atom stereocenters. The standard InChI is InChI=1S/C12H13N5O3/c13-11-9-12(15-4-14-11)17(5-16-9)8-3-6(18)10(20-8)7-1-2-19-7/h1-2,4-8,10,18H,3H2,(H2,13,14,15). The SMILES string of the molecule is Nc1ncnc2c1ncn2C1CC(O)C(C2C=CO2)O1. The topological polar surface area (TPSA) is 108 Å². The lowest BCUT2D eigenvalue weighted by atomic mass is 10.1. The Kier molecular flexibility index (Phi) is 2.41. The molecule has 0 radical (unpaired) electrons. The van der Waals surface area contributed by atoms with E-state index in [0.29, 0.717) is 23.4 Å². The molecular weight excluding hydrogens is 262 g/mol. The Morgan fingerprint density at radius 1 is 1.35 bits per heavy atom. The number of aliphatic hydroxyl groups is 1. The lowest BCUT2D eigenvalue weighted by molar-refractivity contribution is -0.0821. The van der Waals surface area contributed by atoms with Gasteiger partial charge in [0.1, 0.15) is 30.3 Å². The third kappa shape index (κ3) is 1.58. The first-order valence-corrected chi connectivity index (χ1v) is 6.32. The van der Waals surface area contributed by atoms with Crippen LogP contribution in [-0.4, -0.2) is 42.9 Å². The van der Waals surface area contributed by atoms with Crippen molar-refractivity contribution in [3.05, 3.63) is 25.0 Å². The smallest absolute Gasteiger partial charge is 0.167 e. The van der Waals surface area contributed by atoms with Crippen LogP contribution in [0.5, 0.6) is 0 Å². The average molecular weight is 275 g/mol. The van der Waals surface area contributed by atoms with Crippen molar-refractivity contribution in [1.82, 2.24) is 19.5 Å². The summed E-state index contributed by atoms with van der Waals surface area (Å²) < 4.78 is 12.8. The summed E-state index contributed by atoms with van der Waals surface area (Å²) in [5.74, 6) is 0.328. The van der Waals surface area contributed by atoms with E-state index >= 15 is 0 Å². The van der Waals surface area contributed by atoms with Crippen LogP contribution in [0, 0.1) is 0 Å². The highest BCUT2D eigenvalue weighted by molar-refractivity contribution is 5.81. The molecule has 8 nitrogen and oxygen atoms in total. The van der Waals surface area contributed by atoms with E-state index in [2.05, 4.69) is 15.0 Å². The maximum absolute atomic E-state index is 10.1. The van der Waals surface area contributed by atoms with Gasteiger partial charge in [-0.2, -0.15) is 0 Å². The van der Waals surface area contributed by atoms with Crippen molar-refractivity contribution in [2.75, 3.05) is 5.73 Å². The number of anilines is 1. The first-order valence-electron chi connectivity index (χ1n) is 6.32. The molecule has 2 aliphatic heterocycles. The minimum Gasteiger partial charge on any atom is -0.491 e. The number of nitrogens with two attached hydrogens (primary N) is 1. The second-order valence-electron chi connectivity index (χ2n) is 4.87. The second-order valence-corrected chi connectivity index (χ2v) is 4.87. The van der Waals surface area contributed by atoms with Gasteiger partial charge in [0.15, 0.2) is 11.5 Å². The van der Waals surface area contributed by atoms with E-state index in [1.165, 1.54) is 6.33 Å². The Bertz CT molecular complexity index is 685. The lowest BCUT2D eigenvalue weighted by Crippen LogP contribution is -2.37. The summed E-state index contributed by atoms with van der Waals surface area (Å²) >= 11 is 0. The summed E-state index contributed by atoms with van der Waals surface area (Å²) in [7, 11) is 0. The van der Waals surface area contributed by atoms with E-state index in [1.807, 2.05) is 6.08 Å². The van der Waals surface area contributed by atoms with Crippen molar-refractivity contribution >= 4 is 17.0 Å². The highest BCUT2D eigenvalue weighted by Gasteiger charge is 2.42. The van der Waals surface area contributed by atoms with Gasteiger partial charge in [0, 0.05) is 6.42 Å². The van der Waals surface area contributed by atoms with Crippen molar-refractivity contribution in [1.29, 1.82) is 0 Å². The largest absolute Gasteiger partial charge is 0.491 e. The third-order valence-electron chi connectivity index (χ3n) is 3.66. The number of nitrogens with zero attached hydrogens (tertiary/aromatic N) is 4. The zero-order chi connectivity index (χ0) is 13.7. The molecule has 1 fully saturated rings. The van der Waals surface area contributed by atoms with Gasteiger partial charge < -0.3 is 20.3 Å². The van der Waals surface area contributed by atoms with Crippen LogP contribution in [0.25, 0.3) is 11.2 Å². The van der Waals surface area contributed by atoms with Crippen LogP contribution >= 0.6 is 0 Å². The van der Waals surface area contributed by atoms with Gasteiger partial charge in [-0.3, -0.25) is 4.57 Å². The van der Waals surface area contributed by atoms with E-state index in [-0.39, 0.29) is 18.4 Å². The fraction of sp³-hybridized carbons (Fsp3) is 0.417. The number of nitrogen functional groups attached to an aromatic ring is 1. The number of aromatic nitrogens is 4. The molecule has 4 unspecified atom stereocenters. The van der Waals surface area contributed by atoms with Crippen LogP contribution in [0.3, 0.4) is 0 Å². The highest BCUT2D eigenvalue weighted by Crippen LogP contribution is 2.35. The first kappa shape index (κ1) is 11.6. The molecule has 4 heterocycles. The fourth-order valence-electron chi connectivity index (χ4n) is 2.58. The number of aliphatic hydroxyl groups excluding tert-OH is 1. The average Bonchev–Trinajstić information content (AvgIpc) is 2.93. The summed E-state index contributed by atoms with van der Waals surface area (Å²) in [5, 5.41) is 10.1. The van der Waals surface area contributed by atoms with Gasteiger partial charge in [0.25, 0.3) is 0 Å². The number of rotatable bonds is 2. The molecule has 2 aromatic rings. The highest BCUT2D eigenvalue weighted by atomic mass is 16.6. The first-order chi connectivity index (χ1) is 9.74. The van der Waals surface area contributed by atoms with Crippen LogP contribution in [-0.2, 0) is 9.47 Å². The molecule has 104 valence electrons. The Morgan fingerprint density at radius 2 is 2.20 bits per heavy atom. The van der Waals surface area contributed by atoms with E-state index in [0.717, 1.165) is 0 Å². The number of hydrogen-bond acceptors (Lipinski definition) is 7. The summed E-state index contributed by atoms with van der Waals surface area (Å²) in [4.78, 5) is 12.3. The van der Waals surface area contributed by atoms with Crippen LogP contribution in [0.15, 0.2) is 25.0 Å². The monoisotopic (exact) mass is 275 g/mol. The van der Waals surface area contributed by atoms with Crippen LogP contribution < -0.4 is 5.73 Å². The molecule has 3 N–H and O–H groups in total. The molecule has 0 bridgehead atoms. The molecule has 2 aliphatic rings. The minimum absolute atomic E-state index is 0.190. The number of hydrogen-bond donors (Lipinski definition) is 2. The molecular formula is C12H13N5O3. The van der Waals surface area contributed by atoms with E-state index in [9.17, 15) is 5.11 Å². The molecule has 20 heavy (non-hydrogen) atoms. The Labute approximate surface area is 113 Å². The van der Waals surface area contributed by atoms with Gasteiger partial charge in [0.05, 0.1) is 18.7 Å². The van der Waals surface area contributed by atoms with Crippen molar-refractivity contribution in [2.45, 2.75) is 31.0 Å². The van der Waals surface area contributed by atoms with Gasteiger partial charge in [-0.25, -0.2) is 15.0 Å². The van der Waals surface area contributed by atoms with Gasteiger partial charge in [-0.15, -0.1) is 0 Å². The van der Waals surface area contributed by atoms with Gasteiger partial charge >= 0.3 is 0 Å².